The fraction of sp³-hybridized carbons (Fsp3) is 0.727. The Morgan fingerprint density at radius 1 is 1.28 bits per heavy atom. The molecule has 25 heavy (non-hydrogen) atoms. The number of carbonyl (C=O) groups is 2. The quantitative estimate of drug-likeness (QED) is 0.733. The number of aliphatic hydroxyl groups is 1. The van der Waals surface area contributed by atoms with Gasteiger partial charge in [0.1, 0.15) is 5.60 Å². The molecule has 0 amide bonds. The molecule has 0 unspecified atom stereocenters. The predicted molar refractivity (Wildman–Crippen MR) is 96.9 cm³/mol. The molecule has 3 nitrogen and oxygen atoms in total. The van der Waals surface area contributed by atoms with Gasteiger partial charge in [-0.05, 0) is 62.9 Å². The van der Waals surface area contributed by atoms with E-state index < -0.39 is 5.60 Å². The van der Waals surface area contributed by atoms with Crippen LogP contribution in [0.5, 0.6) is 0 Å². The van der Waals surface area contributed by atoms with Crippen molar-refractivity contribution >= 4 is 11.6 Å². The lowest BCUT2D eigenvalue weighted by Crippen LogP contribution is -2.56. The lowest BCUT2D eigenvalue weighted by molar-refractivity contribution is -0.156. The van der Waals surface area contributed by atoms with Crippen LogP contribution in [0.25, 0.3) is 0 Å². The zero-order valence-corrected chi connectivity index (χ0v) is 15.9. The number of ketones is 2. The number of hydrogen-bond donors (Lipinski definition) is 1. The van der Waals surface area contributed by atoms with E-state index in [1.807, 2.05) is 13.0 Å². The highest BCUT2D eigenvalue weighted by Gasteiger charge is 2.66. The summed E-state index contributed by atoms with van der Waals surface area (Å²) in [5.41, 5.74) is 1.23. The van der Waals surface area contributed by atoms with Gasteiger partial charge < -0.3 is 5.11 Å². The van der Waals surface area contributed by atoms with Gasteiger partial charge >= 0.3 is 0 Å². The molecular weight excluding hydrogens is 312 g/mol. The van der Waals surface area contributed by atoms with Crippen molar-refractivity contribution in [3.05, 3.63) is 23.3 Å². The van der Waals surface area contributed by atoms with E-state index in [4.69, 9.17) is 0 Å². The molecule has 136 valence electrons. The van der Waals surface area contributed by atoms with E-state index in [-0.39, 0.29) is 28.3 Å². The molecule has 0 heterocycles. The summed E-state index contributed by atoms with van der Waals surface area (Å²) in [7, 11) is 0. The Morgan fingerprint density at radius 2 is 2.00 bits per heavy atom. The van der Waals surface area contributed by atoms with Crippen molar-refractivity contribution in [2.75, 3.05) is 0 Å². The van der Waals surface area contributed by atoms with Gasteiger partial charge in [-0.3, -0.25) is 9.59 Å². The van der Waals surface area contributed by atoms with Crippen LogP contribution in [-0.2, 0) is 9.59 Å². The molecule has 2 fully saturated rings. The second kappa shape index (κ2) is 5.16. The number of rotatable bonds is 1. The molecule has 4 aliphatic carbocycles. The number of hydrogen-bond acceptors (Lipinski definition) is 3. The molecule has 0 aromatic rings. The number of fused-ring (bicyclic) bond motifs is 5. The van der Waals surface area contributed by atoms with E-state index in [1.54, 1.807) is 6.92 Å². The maximum atomic E-state index is 12.4. The van der Waals surface area contributed by atoms with Crippen molar-refractivity contribution in [2.24, 2.45) is 28.6 Å². The Morgan fingerprint density at radius 3 is 2.68 bits per heavy atom. The first-order valence-corrected chi connectivity index (χ1v) is 9.82. The van der Waals surface area contributed by atoms with Gasteiger partial charge in [0.15, 0.2) is 11.6 Å². The van der Waals surface area contributed by atoms with Gasteiger partial charge in [-0.25, -0.2) is 0 Å². The molecular formula is C22H30O3. The third-order valence-electron chi connectivity index (χ3n) is 8.45. The summed E-state index contributed by atoms with van der Waals surface area (Å²) in [6, 6.07) is 0. The van der Waals surface area contributed by atoms with Crippen LogP contribution >= 0.6 is 0 Å². The first-order chi connectivity index (χ1) is 11.6. The molecule has 0 aromatic carbocycles. The summed E-state index contributed by atoms with van der Waals surface area (Å²) in [5.74, 6) is 0.989. The van der Waals surface area contributed by atoms with Crippen LogP contribution in [0.4, 0.5) is 0 Å². The molecule has 4 aliphatic rings. The Hall–Kier alpha value is -1.22. The Bertz CT molecular complexity index is 717. The van der Waals surface area contributed by atoms with Gasteiger partial charge in [0.2, 0.25) is 0 Å². The minimum Gasteiger partial charge on any atom is -0.381 e. The zero-order chi connectivity index (χ0) is 18.2. The molecule has 1 N–H and O–H groups in total. The average Bonchev–Trinajstić information content (AvgIpc) is 2.77. The van der Waals surface area contributed by atoms with E-state index in [9.17, 15) is 14.7 Å². The summed E-state index contributed by atoms with van der Waals surface area (Å²) in [4.78, 5) is 24.3. The van der Waals surface area contributed by atoms with E-state index in [0.717, 1.165) is 32.1 Å². The van der Waals surface area contributed by atoms with Gasteiger partial charge in [-0.15, -0.1) is 0 Å². The van der Waals surface area contributed by atoms with Crippen molar-refractivity contribution in [3.8, 4) is 0 Å². The summed E-state index contributed by atoms with van der Waals surface area (Å²) in [6.45, 7) is 8.04. The molecule has 0 aromatic heterocycles. The Kier molecular flexibility index (Phi) is 3.55. The van der Waals surface area contributed by atoms with Crippen molar-refractivity contribution in [2.45, 2.75) is 71.8 Å². The third kappa shape index (κ3) is 1.96. The van der Waals surface area contributed by atoms with E-state index in [2.05, 4.69) is 19.9 Å². The van der Waals surface area contributed by atoms with Gasteiger partial charge in [0.25, 0.3) is 0 Å². The van der Waals surface area contributed by atoms with Crippen LogP contribution in [0.2, 0.25) is 0 Å². The second-order valence-electron chi connectivity index (χ2n) is 9.46. The average molecular weight is 342 g/mol. The minimum absolute atomic E-state index is 0.00503. The maximum absolute atomic E-state index is 12.4. The topological polar surface area (TPSA) is 54.4 Å². The third-order valence-corrected chi connectivity index (χ3v) is 8.45. The molecule has 2 saturated carbocycles. The normalized spacial score (nSPS) is 48.8. The van der Waals surface area contributed by atoms with Crippen LogP contribution in [-0.4, -0.2) is 22.3 Å². The summed E-state index contributed by atoms with van der Waals surface area (Å²) in [5, 5.41) is 11.4. The first kappa shape index (κ1) is 17.2. The SMILES string of the molecule is CC(=O)[C@@]1(O)[C@H](C)C[C@H]2[C@@H]3CCC4=CC(=O)CC[C@]4(C)C3=CC[C@@]21C. The fourth-order valence-corrected chi connectivity index (χ4v) is 6.95. The Balaban J connectivity index is 1.79. The standard InChI is InChI=1S/C22H30O3/c1-13-11-19-17-6-5-15-12-16(24)7-9-20(15,3)18(17)8-10-21(19,4)22(13,25)14(2)23/h8,12-13,17,19,25H,5-7,9-11H2,1-4H3/t13-,17-,19+,20+,21+,22+/m1/s1. The number of Topliss-reactive ketones (excluding diaryl/α,β-unsaturated/α-hetero) is 1. The highest BCUT2D eigenvalue weighted by atomic mass is 16.3. The van der Waals surface area contributed by atoms with Gasteiger partial charge in [0.05, 0.1) is 0 Å². The van der Waals surface area contributed by atoms with Crippen molar-refractivity contribution < 1.29 is 14.7 Å². The van der Waals surface area contributed by atoms with E-state index >= 15 is 0 Å². The second-order valence-corrected chi connectivity index (χ2v) is 9.46. The molecule has 0 spiro atoms. The molecule has 0 bridgehead atoms. The highest BCUT2D eigenvalue weighted by molar-refractivity contribution is 5.92. The van der Waals surface area contributed by atoms with Crippen molar-refractivity contribution in [1.82, 2.24) is 0 Å². The number of allylic oxidation sites excluding steroid dienone is 4. The summed E-state index contributed by atoms with van der Waals surface area (Å²) in [6.07, 6.45) is 9.48. The fourth-order valence-electron chi connectivity index (χ4n) is 6.95. The number of carbonyl (C=O) groups excluding carboxylic acids is 2. The highest BCUT2D eigenvalue weighted by Crippen LogP contribution is 2.66. The zero-order valence-electron chi connectivity index (χ0n) is 15.9. The molecule has 4 rings (SSSR count). The van der Waals surface area contributed by atoms with Gasteiger partial charge in [-0.2, -0.15) is 0 Å². The Labute approximate surface area is 150 Å². The van der Waals surface area contributed by atoms with E-state index in [0.29, 0.717) is 18.3 Å². The van der Waals surface area contributed by atoms with E-state index in [1.165, 1.54) is 11.1 Å². The van der Waals surface area contributed by atoms with Crippen LogP contribution < -0.4 is 0 Å². The van der Waals surface area contributed by atoms with Crippen molar-refractivity contribution in [3.63, 3.8) is 0 Å². The molecule has 0 aliphatic heterocycles. The summed E-state index contributed by atoms with van der Waals surface area (Å²) >= 11 is 0. The van der Waals surface area contributed by atoms with Crippen LogP contribution in [0.15, 0.2) is 23.3 Å². The van der Waals surface area contributed by atoms with Gasteiger partial charge in [0, 0.05) is 17.3 Å². The molecule has 6 atom stereocenters. The largest absolute Gasteiger partial charge is 0.381 e. The molecule has 3 heteroatoms. The molecule has 0 saturated heterocycles. The monoisotopic (exact) mass is 342 g/mol. The van der Waals surface area contributed by atoms with Crippen molar-refractivity contribution in [1.29, 1.82) is 0 Å². The van der Waals surface area contributed by atoms with Crippen LogP contribution in [0.3, 0.4) is 0 Å². The molecule has 0 radical (unpaired) electrons. The van der Waals surface area contributed by atoms with Crippen LogP contribution in [0.1, 0.15) is 66.2 Å². The van der Waals surface area contributed by atoms with Crippen LogP contribution in [0, 0.1) is 28.6 Å². The smallest absolute Gasteiger partial charge is 0.162 e. The lowest BCUT2D eigenvalue weighted by atomic mass is 9.50. The maximum Gasteiger partial charge on any atom is 0.162 e. The van der Waals surface area contributed by atoms with Gasteiger partial charge in [-0.1, -0.05) is 38.0 Å². The predicted octanol–water partition coefficient (Wildman–Crippen LogP) is 4.00. The lowest BCUT2D eigenvalue weighted by Gasteiger charge is -2.54. The summed E-state index contributed by atoms with van der Waals surface area (Å²) < 4.78 is 0. The first-order valence-electron chi connectivity index (χ1n) is 9.82. The minimum atomic E-state index is -1.21.